The Hall–Kier alpha value is -3.86. The van der Waals surface area contributed by atoms with Crippen molar-refractivity contribution in [2.24, 2.45) is 11.7 Å². The lowest BCUT2D eigenvalue weighted by atomic mass is 9.81. The number of halogens is 4. The molecule has 0 spiro atoms. The third kappa shape index (κ3) is 4.97. The molecule has 0 radical (unpaired) electrons. The second-order valence-electron chi connectivity index (χ2n) is 11.4. The monoisotopic (exact) mass is 626 g/mol. The first-order chi connectivity index (χ1) is 20.3. The summed E-state index contributed by atoms with van der Waals surface area (Å²) in [4.78, 5) is 34.8. The van der Waals surface area contributed by atoms with E-state index in [1.807, 2.05) is 13.0 Å². The number of aliphatic hydroxyl groups is 1. The Labute approximate surface area is 255 Å². The Morgan fingerprint density at radius 2 is 1.88 bits per heavy atom. The molecule has 8 nitrogen and oxygen atoms in total. The number of carbonyl (C=O) groups excluding carboxylic acids is 2. The van der Waals surface area contributed by atoms with Gasteiger partial charge in [0, 0.05) is 34.3 Å². The van der Waals surface area contributed by atoms with Gasteiger partial charge >= 0.3 is 0 Å². The molecule has 2 aromatic heterocycles. The molecule has 2 amide bonds. The summed E-state index contributed by atoms with van der Waals surface area (Å²) < 4.78 is 35.0. The summed E-state index contributed by atoms with van der Waals surface area (Å²) in [6.07, 6.45) is 2.95. The van der Waals surface area contributed by atoms with Crippen molar-refractivity contribution in [3.63, 3.8) is 0 Å². The lowest BCUT2D eigenvalue weighted by Gasteiger charge is -2.30. The molecule has 0 saturated heterocycles. The number of benzene rings is 2. The van der Waals surface area contributed by atoms with Gasteiger partial charge < -0.3 is 20.9 Å². The van der Waals surface area contributed by atoms with Gasteiger partial charge in [0.1, 0.15) is 40.7 Å². The maximum absolute atomic E-state index is 15.1. The zero-order chi connectivity index (χ0) is 30.8. The normalized spacial score (nSPS) is 19.0. The van der Waals surface area contributed by atoms with Crippen molar-refractivity contribution < 1.29 is 28.2 Å². The number of ether oxygens (including phenoxy) is 1. The van der Waals surface area contributed by atoms with Crippen LogP contribution in [0.5, 0.6) is 5.75 Å². The van der Waals surface area contributed by atoms with Crippen LogP contribution in [0, 0.1) is 24.5 Å². The first-order valence-corrected chi connectivity index (χ1v) is 14.3. The van der Waals surface area contributed by atoms with Crippen LogP contribution in [0.4, 0.5) is 8.78 Å². The second kappa shape index (κ2) is 10.4. The van der Waals surface area contributed by atoms with Crippen LogP contribution in [0.15, 0.2) is 42.6 Å². The molecule has 1 fully saturated rings. The third-order valence-electron chi connectivity index (χ3n) is 8.23. The van der Waals surface area contributed by atoms with Gasteiger partial charge in [0.2, 0.25) is 5.91 Å². The van der Waals surface area contributed by atoms with Gasteiger partial charge in [-0.05, 0) is 68.5 Å². The molecule has 43 heavy (non-hydrogen) atoms. The largest absolute Gasteiger partial charge is 0.489 e. The van der Waals surface area contributed by atoms with E-state index in [0.29, 0.717) is 34.8 Å². The number of nitrogens with zero attached hydrogens (tertiary/aromatic N) is 2. The third-order valence-corrected chi connectivity index (χ3v) is 8.81. The summed E-state index contributed by atoms with van der Waals surface area (Å²) in [5, 5.41) is 15.5. The van der Waals surface area contributed by atoms with E-state index >= 15 is 4.39 Å². The lowest BCUT2D eigenvalue weighted by molar-refractivity contribution is -0.123. The maximum Gasteiger partial charge on any atom is 0.251 e. The van der Waals surface area contributed by atoms with Gasteiger partial charge in [0.15, 0.2) is 0 Å². The minimum Gasteiger partial charge on any atom is -0.489 e. The highest BCUT2D eigenvalue weighted by molar-refractivity contribution is 6.35. The van der Waals surface area contributed by atoms with Crippen LogP contribution in [0.1, 0.15) is 46.9 Å². The predicted octanol–water partition coefficient (Wildman–Crippen LogP) is 5.35. The van der Waals surface area contributed by atoms with Crippen molar-refractivity contribution >= 4 is 45.9 Å². The fraction of sp³-hybridized carbons (Fsp3) is 0.290. The lowest BCUT2D eigenvalue weighted by Crippen LogP contribution is -2.44. The summed E-state index contributed by atoms with van der Waals surface area (Å²) in [7, 11) is 0. The fourth-order valence-electron chi connectivity index (χ4n) is 5.46. The van der Waals surface area contributed by atoms with Gasteiger partial charge in [-0.25, -0.2) is 13.8 Å². The molecule has 12 heteroatoms. The molecule has 2 aromatic carbocycles. The van der Waals surface area contributed by atoms with Crippen LogP contribution in [0.2, 0.25) is 10.0 Å². The Kier molecular flexibility index (Phi) is 7.06. The van der Waals surface area contributed by atoms with Crippen molar-refractivity contribution in [3.8, 4) is 17.0 Å². The number of pyridine rings is 2. The van der Waals surface area contributed by atoms with E-state index in [4.69, 9.17) is 33.7 Å². The summed E-state index contributed by atoms with van der Waals surface area (Å²) in [5.74, 6) is -3.35. The van der Waals surface area contributed by atoms with E-state index in [1.165, 1.54) is 12.1 Å². The van der Waals surface area contributed by atoms with Crippen LogP contribution >= 0.6 is 23.2 Å². The molecule has 1 aliphatic carbocycles. The smallest absolute Gasteiger partial charge is 0.251 e. The summed E-state index contributed by atoms with van der Waals surface area (Å²) in [6.45, 7) is 3.04. The SMILES string of the molecule is Cc1cnc2c(Cl)cc(C(=O)NCC(O)(c3cc4c(c(-c5cc(Cl)c(F)cc5F)n3)OC[C@]4(C)C(N)=O)C3CC3)cc2c1. The number of aromatic nitrogens is 2. The number of rotatable bonds is 7. The summed E-state index contributed by atoms with van der Waals surface area (Å²) in [6, 6.07) is 8.22. The average Bonchev–Trinajstić information content (AvgIpc) is 3.76. The molecule has 1 aliphatic heterocycles. The quantitative estimate of drug-likeness (QED) is 0.237. The first-order valence-electron chi connectivity index (χ1n) is 13.5. The predicted molar refractivity (Wildman–Crippen MR) is 157 cm³/mol. The van der Waals surface area contributed by atoms with E-state index in [2.05, 4.69) is 15.3 Å². The topological polar surface area (TPSA) is 127 Å². The molecule has 1 unspecified atom stereocenters. The number of nitrogens with one attached hydrogen (secondary N) is 1. The van der Waals surface area contributed by atoms with Crippen molar-refractivity contribution in [1.82, 2.24) is 15.3 Å². The molecule has 2 atom stereocenters. The highest BCUT2D eigenvalue weighted by Crippen LogP contribution is 2.50. The van der Waals surface area contributed by atoms with Gasteiger partial charge in [0.05, 0.1) is 27.8 Å². The zero-order valence-electron chi connectivity index (χ0n) is 23.1. The number of aryl methyl sites for hydroxylation is 1. The van der Waals surface area contributed by atoms with Crippen molar-refractivity contribution in [2.75, 3.05) is 13.2 Å². The second-order valence-corrected chi connectivity index (χ2v) is 12.2. The molecule has 3 heterocycles. The van der Waals surface area contributed by atoms with E-state index in [-0.39, 0.29) is 57.9 Å². The minimum absolute atomic E-state index is 0.0678. The standard InChI is InChI=1S/C31H26Cl2F2N4O4/c1-14-5-15-6-16(7-21(33)25(15)37-11-14)28(40)38-12-31(42,17-3-4-17)24-9-19-27(43-13-30(19,2)29(36)41)26(39-24)18-8-20(32)23(35)10-22(18)34/h5-11,17,42H,3-4,12-13H2,1-2H3,(H2,36,41)(H,38,40)/t30-,31?/m0/s1. The molecule has 2 aliphatic rings. The van der Waals surface area contributed by atoms with E-state index in [0.717, 1.165) is 11.6 Å². The first kappa shape index (κ1) is 29.2. The van der Waals surface area contributed by atoms with Crippen LogP contribution in [0.3, 0.4) is 0 Å². The molecular weight excluding hydrogens is 601 g/mol. The van der Waals surface area contributed by atoms with E-state index in [1.54, 1.807) is 19.2 Å². The van der Waals surface area contributed by atoms with Crippen LogP contribution in [-0.2, 0) is 15.8 Å². The van der Waals surface area contributed by atoms with Crippen molar-refractivity contribution in [3.05, 3.63) is 86.7 Å². The Morgan fingerprint density at radius 1 is 1.14 bits per heavy atom. The summed E-state index contributed by atoms with van der Waals surface area (Å²) >= 11 is 12.4. The number of nitrogens with two attached hydrogens (primary N) is 1. The van der Waals surface area contributed by atoms with Crippen LogP contribution in [-0.4, -0.2) is 40.0 Å². The molecule has 0 bridgehead atoms. The maximum atomic E-state index is 15.1. The Morgan fingerprint density at radius 3 is 2.58 bits per heavy atom. The van der Waals surface area contributed by atoms with E-state index < -0.39 is 34.5 Å². The molecule has 1 saturated carbocycles. The van der Waals surface area contributed by atoms with Gasteiger partial charge in [-0.15, -0.1) is 0 Å². The van der Waals surface area contributed by atoms with Gasteiger partial charge in [-0.3, -0.25) is 14.6 Å². The average molecular weight is 627 g/mol. The van der Waals surface area contributed by atoms with Crippen LogP contribution < -0.4 is 15.8 Å². The number of hydrogen-bond donors (Lipinski definition) is 3. The van der Waals surface area contributed by atoms with Gasteiger partial charge in [-0.1, -0.05) is 23.2 Å². The Bertz CT molecular complexity index is 1850. The molecule has 6 rings (SSSR count). The molecule has 4 N–H and O–H groups in total. The summed E-state index contributed by atoms with van der Waals surface area (Å²) in [5.41, 5.74) is 4.51. The molecular formula is C31H26Cl2F2N4O4. The molecule has 4 aromatic rings. The minimum atomic E-state index is -1.72. The number of fused-ring (bicyclic) bond motifs is 2. The fourth-order valence-corrected chi connectivity index (χ4v) is 5.90. The van der Waals surface area contributed by atoms with Crippen LogP contribution in [0.25, 0.3) is 22.2 Å². The zero-order valence-corrected chi connectivity index (χ0v) is 24.6. The number of hydrogen-bond acceptors (Lipinski definition) is 6. The van der Waals surface area contributed by atoms with Gasteiger partial charge in [-0.2, -0.15) is 0 Å². The van der Waals surface area contributed by atoms with Gasteiger partial charge in [0.25, 0.3) is 5.91 Å². The van der Waals surface area contributed by atoms with Crippen molar-refractivity contribution in [2.45, 2.75) is 37.7 Å². The Balaban J connectivity index is 1.42. The molecule has 222 valence electrons. The highest BCUT2D eigenvalue weighted by atomic mass is 35.5. The number of carbonyl (C=O) groups is 2. The number of amides is 2. The number of primary amides is 1. The highest BCUT2D eigenvalue weighted by Gasteiger charge is 2.50. The van der Waals surface area contributed by atoms with E-state index in [9.17, 15) is 19.1 Å². The van der Waals surface area contributed by atoms with Crippen molar-refractivity contribution in [1.29, 1.82) is 0 Å².